The Bertz CT molecular complexity index is 2540. The summed E-state index contributed by atoms with van der Waals surface area (Å²) in [5.41, 5.74) is 9.03. The summed E-state index contributed by atoms with van der Waals surface area (Å²) in [7, 11) is 0. The van der Waals surface area contributed by atoms with E-state index in [1.165, 1.54) is 0 Å². The highest BCUT2D eigenvalue weighted by atomic mass is 16.5. The lowest BCUT2D eigenvalue weighted by atomic mass is 9.63. The molecule has 7 aromatic carbocycles. The zero-order chi connectivity index (χ0) is 34.9. The molecule has 0 fully saturated rings. The van der Waals surface area contributed by atoms with Crippen LogP contribution < -0.4 is 4.74 Å². The van der Waals surface area contributed by atoms with Gasteiger partial charge in [-0.1, -0.05) is 146 Å². The quantitative estimate of drug-likeness (QED) is 0.177. The molecular weight excluding hydrogens is 637 g/mol. The first-order valence-electron chi connectivity index (χ1n) is 17.2. The third-order valence-electron chi connectivity index (χ3n) is 9.72. The molecule has 0 saturated carbocycles. The molecular formula is C47H30N4O. The maximum atomic E-state index is 9.22. The predicted molar refractivity (Wildman–Crippen MR) is 205 cm³/mol. The minimum Gasteiger partial charge on any atom is -0.457 e. The number of para-hydroxylation sites is 1. The first-order chi connectivity index (χ1) is 25.7. The average molecular weight is 667 g/mol. The summed E-state index contributed by atoms with van der Waals surface area (Å²) in [6.07, 6.45) is 0. The summed E-state index contributed by atoms with van der Waals surface area (Å²) in [6, 6.07) is 63.8. The first-order valence-corrected chi connectivity index (χ1v) is 17.2. The van der Waals surface area contributed by atoms with Crippen LogP contribution in [0.5, 0.6) is 11.5 Å². The van der Waals surface area contributed by atoms with Gasteiger partial charge in [0.2, 0.25) is 0 Å². The molecule has 0 unspecified atom stereocenters. The van der Waals surface area contributed by atoms with Crippen molar-refractivity contribution in [1.82, 2.24) is 15.0 Å². The third kappa shape index (κ3) is 5.31. The van der Waals surface area contributed by atoms with Gasteiger partial charge >= 0.3 is 0 Å². The largest absolute Gasteiger partial charge is 0.457 e. The number of rotatable bonds is 6. The van der Waals surface area contributed by atoms with Gasteiger partial charge in [0.25, 0.3) is 0 Å². The summed E-state index contributed by atoms with van der Waals surface area (Å²) >= 11 is 0. The van der Waals surface area contributed by atoms with Crippen molar-refractivity contribution < 1.29 is 4.74 Å². The standard InChI is InChI=1S/C47H30N4O/c48-31-32-20-22-33(23-21-32)34-24-26-36(27-25-34)45-49-44(35-12-4-1-5-13-35)50-46(51-45)37-28-29-43-41(30-37)47(38-14-6-2-7-15-38,39-16-8-3-9-17-39)40-18-10-11-19-42(40)52-43/h1-30H. The normalized spacial score (nSPS) is 12.5. The van der Waals surface area contributed by atoms with Gasteiger partial charge in [-0.2, -0.15) is 5.26 Å². The maximum Gasteiger partial charge on any atom is 0.164 e. The topological polar surface area (TPSA) is 71.7 Å². The van der Waals surface area contributed by atoms with E-state index in [9.17, 15) is 5.26 Å². The smallest absolute Gasteiger partial charge is 0.164 e. The van der Waals surface area contributed by atoms with E-state index in [-0.39, 0.29) is 0 Å². The summed E-state index contributed by atoms with van der Waals surface area (Å²) in [6.45, 7) is 0. The van der Waals surface area contributed by atoms with E-state index in [0.29, 0.717) is 23.0 Å². The number of fused-ring (bicyclic) bond motifs is 2. The van der Waals surface area contributed by atoms with Crippen LogP contribution in [0.15, 0.2) is 182 Å². The van der Waals surface area contributed by atoms with Crippen LogP contribution >= 0.6 is 0 Å². The highest BCUT2D eigenvalue weighted by molar-refractivity contribution is 5.75. The first kappa shape index (κ1) is 30.9. The molecule has 1 aliphatic rings. The number of nitrogens with zero attached hydrogens (tertiary/aromatic N) is 4. The van der Waals surface area contributed by atoms with Crippen molar-refractivity contribution in [2.45, 2.75) is 5.41 Å². The van der Waals surface area contributed by atoms with Crippen LogP contribution in [-0.2, 0) is 5.41 Å². The Balaban J connectivity index is 1.23. The predicted octanol–water partition coefficient (Wildman–Crippen LogP) is 10.9. The Labute approximate surface area is 302 Å². The molecule has 1 aliphatic heterocycles. The van der Waals surface area contributed by atoms with Crippen LogP contribution in [0.3, 0.4) is 0 Å². The maximum absolute atomic E-state index is 9.22. The fourth-order valence-corrected chi connectivity index (χ4v) is 7.24. The van der Waals surface area contributed by atoms with E-state index >= 15 is 0 Å². The van der Waals surface area contributed by atoms with Gasteiger partial charge in [0.05, 0.1) is 17.0 Å². The Morgan fingerprint density at radius 1 is 0.404 bits per heavy atom. The summed E-state index contributed by atoms with van der Waals surface area (Å²) in [4.78, 5) is 15.2. The average Bonchev–Trinajstić information content (AvgIpc) is 3.23. The van der Waals surface area contributed by atoms with Gasteiger partial charge in [-0.25, -0.2) is 15.0 Å². The minimum absolute atomic E-state index is 0.566. The highest BCUT2D eigenvalue weighted by Gasteiger charge is 2.45. The minimum atomic E-state index is -0.665. The molecule has 0 aliphatic carbocycles. The van der Waals surface area contributed by atoms with Crippen molar-refractivity contribution in [3.8, 4) is 62.9 Å². The molecule has 5 heteroatoms. The molecule has 0 N–H and O–H groups in total. The van der Waals surface area contributed by atoms with Gasteiger partial charge in [-0.3, -0.25) is 0 Å². The van der Waals surface area contributed by atoms with Crippen LogP contribution in [0.4, 0.5) is 0 Å². The number of hydrogen-bond donors (Lipinski definition) is 0. The monoisotopic (exact) mass is 666 g/mol. The van der Waals surface area contributed by atoms with E-state index in [1.807, 2.05) is 91.0 Å². The van der Waals surface area contributed by atoms with Crippen molar-refractivity contribution in [1.29, 1.82) is 5.26 Å². The van der Waals surface area contributed by atoms with E-state index in [1.54, 1.807) is 0 Å². The molecule has 0 atom stereocenters. The number of benzene rings is 7. The van der Waals surface area contributed by atoms with E-state index in [2.05, 4.69) is 97.1 Å². The van der Waals surface area contributed by atoms with Gasteiger partial charge in [0.1, 0.15) is 11.5 Å². The van der Waals surface area contributed by atoms with Gasteiger partial charge < -0.3 is 4.74 Å². The van der Waals surface area contributed by atoms with Gasteiger partial charge in [-0.05, 0) is 58.7 Å². The zero-order valence-electron chi connectivity index (χ0n) is 28.0. The van der Waals surface area contributed by atoms with Gasteiger partial charge in [0, 0.05) is 27.8 Å². The van der Waals surface area contributed by atoms with Crippen LogP contribution in [0.1, 0.15) is 27.8 Å². The van der Waals surface area contributed by atoms with Crippen molar-refractivity contribution in [2.75, 3.05) is 0 Å². The molecule has 2 heterocycles. The fourth-order valence-electron chi connectivity index (χ4n) is 7.24. The Kier molecular flexibility index (Phi) is 7.68. The Morgan fingerprint density at radius 3 is 1.44 bits per heavy atom. The van der Waals surface area contributed by atoms with Gasteiger partial charge in [-0.15, -0.1) is 0 Å². The van der Waals surface area contributed by atoms with Crippen molar-refractivity contribution in [3.05, 3.63) is 210 Å². The molecule has 9 rings (SSSR count). The van der Waals surface area contributed by atoms with E-state index in [4.69, 9.17) is 19.7 Å². The second-order valence-electron chi connectivity index (χ2n) is 12.7. The summed E-state index contributed by atoms with van der Waals surface area (Å²) in [5, 5.41) is 9.22. The summed E-state index contributed by atoms with van der Waals surface area (Å²) in [5.74, 6) is 3.34. The van der Waals surface area contributed by atoms with Crippen molar-refractivity contribution in [2.24, 2.45) is 0 Å². The lowest BCUT2D eigenvalue weighted by Crippen LogP contribution is -2.34. The van der Waals surface area contributed by atoms with E-state index in [0.717, 1.165) is 61.6 Å². The molecule has 52 heavy (non-hydrogen) atoms. The number of nitriles is 1. The molecule has 5 nitrogen and oxygen atoms in total. The SMILES string of the molecule is N#Cc1ccc(-c2ccc(-c3nc(-c4ccccc4)nc(-c4ccc5c(c4)C(c4ccccc4)(c4ccccc4)c4ccccc4O5)n3)cc2)cc1. The Morgan fingerprint density at radius 2 is 0.846 bits per heavy atom. The number of ether oxygens (including phenoxy) is 1. The van der Waals surface area contributed by atoms with Gasteiger partial charge in [0.15, 0.2) is 17.5 Å². The molecule has 0 radical (unpaired) electrons. The molecule has 0 bridgehead atoms. The number of aromatic nitrogens is 3. The molecule has 244 valence electrons. The molecule has 0 saturated heterocycles. The van der Waals surface area contributed by atoms with Crippen LogP contribution in [-0.4, -0.2) is 15.0 Å². The third-order valence-corrected chi connectivity index (χ3v) is 9.72. The Hall–Kier alpha value is -7.16. The molecule has 1 aromatic heterocycles. The van der Waals surface area contributed by atoms with Crippen LogP contribution in [0.25, 0.3) is 45.3 Å². The fraction of sp³-hybridized carbons (Fsp3) is 0.0213. The second kappa shape index (κ2) is 12.9. The second-order valence-corrected chi connectivity index (χ2v) is 12.7. The van der Waals surface area contributed by atoms with Crippen LogP contribution in [0, 0.1) is 11.3 Å². The number of hydrogen-bond acceptors (Lipinski definition) is 5. The molecule has 8 aromatic rings. The van der Waals surface area contributed by atoms with E-state index < -0.39 is 5.41 Å². The van der Waals surface area contributed by atoms with Crippen molar-refractivity contribution >= 4 is 0 Å². The molecule has 0 spiro atoms. The lowest BCUT2D eigenvalue weighted by molar-refractivity contribution is 0.434. The zero-order valence-corrected chi connectivity index (χ0v) is 28.0. The summed E-state index contributed by atoms with van der Waals surface area (Å²) < 4.78 is 6.64. The van der Waals surface area contributed by atoms with Crippen LogP contribution in [0.2, 0.25) is 0 Å². The lowest BCUT2D eigenvalue weighted by Gasteiger charge is -2.41. The highest BCUT2D eigenvalue weighted by Crippen LogP contribution is 2.55. The molecule has 0 amide bonds. The van der Waals surface area contributed by atoms with Crippen molar-refractivity contribution in [3.63, 3.8) is 0 Å².